The van der Waals surface area contributed by atoms with Crippen molar-refractivity contribution in [3.05, 3.63) is 0 Å². The first-order valence-electron chi connectivity index (χ1n) is 8.29. The van der Waals surface area contributed by atoms with Crippen LogP contribution in [0.2, 0.25) is 0 Å². The molecule has 118 valence electrons. The molecule has 4 nitrogen and oxygen atoms in total. The molecular formula is C16H31NO3. The molecule has 0 amide bonds. The van der Waals surface area contributed by atoms with Crippen molar-refractivity contribution in [2.24, 2.45) is 0 Å². The summed E-state index contributed by atoms with van der Waals surface area (Å²) in [6, 6.07) is -0.166. The summed E-state index contributed by atoms with van der Waals surface area (Å²) in [5.74, 6) is -0.110. The van der Waals surface area contributed by atoms with Crippen molar-refractivity contribution >= 4 is 5.97 Å². The third-order valence-electron chi connectivity index (χ3n) is 3.78. The zero-order valence-electron chi connectivity index (χ0n) is 13.2. The molecule has 1 N–H and O–H groups in total. The van der Waals surface area contributed by atoms with Gasteiger partial charge in [-0.2, -0.15) is 0 Å². The smallest absolute Gasteiger partial charge is 0.323 e. The maximum Gasteiger partial charge on any atom is 0.323 e. The number of rotatable bonds is 11. The van der Waals surface area contributed by atoms with Crippen LogP contribution in [0.3, 0.4) is 0 Å². The zero-order chi connectivity index (χ0) is 14.6. The summed E-state index contributed by atoms with van der Waals surface area (Å²) in [7, 11) is 0. The summed E-state index contributed by atoms with van der Waals surface area (Å²) in [6.45, 7) is 6.14. The minimum Gasteiger partial charge on any atom is -0.465 e. The molecule has 2 atom stereocenters. The van der Waals surface area contributed by atoms with E-state index < -0.39 is 0 Å². The van der Waals surface area contributed by atoms with Crippen LogP contribution < -0.4 is 5.32 Å². The average molecular weight is 285 g/mol. The minimum atomic E-state index is -0.166. The molecule has 1 aliphatic rings. The van der Waals surface area contributed by atoms with Gasteiger partial charge in [0.05, 0.1) is 12.7 Å². The number of unbranched alkanes of at least 4 members (excludes halogenated alkanes) is 4. The lowest BCUT2D eigenvalue weighted by molar-refractivity contribution is -0.146. The van der Waals surface area contributed by atoms with Gasteiger partial charge in [0.25, 0.3) is 0 Å². The number of hydrogen-bond donors (Lipinski definition) is 1. The number of esters is 1. The van der Waals surface area contributed by atoms with Gasteiger partial charge in [0.1, 0.15) is 6.04 Å². The van der Waals surface area contributed by atoms with Crippen molar-refractivity contribution in [1.29, 1.82) is 0 Å². The monoisotopic (exact) mass is 285 g/mol. The van der Waals surface area contributed by atoms with E-state index in [4.69, 9.17) is 9.47 Å². The number of nitrogens with one attached hydrogen (secondary N) is 1. The number of carbonyl (C=O) groups is 1. The van der Waals surface area contributed by atoms with E-state index in [2.05, 4.69) is 12.2 Å². The summed E-state index contributed by atoms with van der Waals surface area (Å²) in [4.78, 5) is 11.9. The van der Waals surface area contributed by atoms with Crippen LogP contribution >= 0.6 is 0 Å². The summed E-state index contributed by atoms with van der Waals surface area (Å²) >= 11 is 0. The zero-order valence-corrected chi connectivity index (χ0v) is 13.2. The Morgan fingerprint density at radius 1 is 1.30 bits per heavy atom. The van der Waals surface area contributed by atoms with Crippen LogP contribution in [0.1, 0.15) is 65.2 Å². The van der Waals surface area contributed by atoms with E-state index in [1.807, 2.05) is 6.92 Å². The van der Waals surface area contributed by atoms with Gasteiger partial charge in [-0.1, -0.05) is 39.0 Å². The fraction of sp³-hybridized carbons (Fsp3) is 0.938. The van der Waals surface area contributed by atoms with Gasteiger partial charge in [-0.05, 0) is 26.2 Å². The van der Waals surface area contributed by atoms with Gasteiger partial charge in [0.2, 0.25) is 0 Å². The second-order valence-electron chi connectivity index (χ2n) is 5.55. The third-order valence-corrected chi connectivity index (χ3v) is 3.78. The highest BCUT2D eigenvalue weighted by atomic mass is 16.5. The van der Waals surface area contributed by atoms with Gasteiger partial charge < -0.3 is 14.8 Å². The van der Waals surface area contributed by atoms with Crippen molar-refractivity contribution in [2.75, 3.05) is 19.8 Å². The van der Waals surface area contributed by atoms with Crippen molar-refractivity contribution in [3.8, 4) is 0 Å². The van der Waals surface area contributed by atoms with Crippen LogP contribution in [0.5, 0.6) is 0 Å². The van der Waals surface area contributed by atoms with E-state index in [1.54, 1.807) is 0 Å². The van der Waals surface area contributed by atoms with Gasteiger partial charge in [0, 0.05) is 13.2 Å². The maximum absolute atomic E-state index is 11.9. The number of hydrogen-bond acceptors (Lipinski definition) is 4. The van der Waals surface area contributed by atoms with Gasteiger partial charge in [-0.15, -0.1) is 0 Å². The van der Waals surface area contributed by atoms with Crippen LogP contribution in [-0.4, -0.2) is 37.9 Å². The summed E-state index contributed by atoms with van der Waals surface area (Å²) in [5.41, 5.74) is 0. The lowest BCUT2D eigenvalue weighted by Crippen LogP contribution is -2.41. The standard InChI is InChI=1S/C16H31NO3/c1-3-5-6-7-8-11-15(16(18)19-4-2)17-13-14-10-9-12-20-14/h14-15,17H,3-13H2,1-2H3. The van der Waals surface area contributed by atoms with E-state index >= 15 is 0 Å². The highest BCUT2D eigenvalue weighted by Crippen LogP contribution is 2.12. The lowest BCUT2D eigenvalue weighted by Gasteiger charge is -2.19. The molecule has 0 aromatic rings. The Kier molecular flexibility index (Phi) is 9.67. The number of ether oxygens (including phenoxy) is 2. The normalized spacial score (nSPS) is 20.0. The van der Waals surface area contributed by atoms with Crippen LogP contribution in [-0.2, 0) is 14.3 Å². The molecule has 20 heavy (non-hydrogen) atoms. The molecule has 1 saturated heterocycles. The highest BCUT2D eigenvalue weighted by molar-refractivity contribution is 5.75. The van der Waals surface area contributed by atoms with Crippen molar-refractivity contribution in [3.63, 3.8) is 0 Å². The van der Waals surface area contributed by atoms with Gasteiger partial charge in [0.15, 0.2) is 0 Å². The SMILES string of the molecule is CCCCCCCC(NCC1CCCO1)C(=O)OCC. The predicted molar refractivity (Wildman–Crippen MR) is 80.8 cm³/mol. The molecule has 1 aliphatic heterocycles. The first-order chi connectivity index (χ1) is 9.77. The van der Waals surface area contributed by atoms with E-state index in [1.165, 1.54) is 25.7 Å². The Bertz CT molecular complexity index is 252. The van der Waals surface area contributed by atoms with Gasteiger partial charge >= 0.3 is 5.97 Å². The van der Waals surface area contributed by atoms with Crippen LogP contribution in [0.25, 0.3) is 0 Å². The van der Waals surface area contributed by atoms with Crippen LogP contribution in [0.15, 0.2) is 0 Å². The Morgan fingerprint density at radius 3 is 2.75 bits per heavy atom. The van der Waals surface area contributed by atoms with Crippen molar-refractivity contribution in [1.82, 2.24) is 5.32 Å². The molecule has 0 aliphatic carbocycles. The Balaban J connectivity index is 2.24. The fourth-order valence-electron chi connectivity index (χ4n) is 2.58. The Hall–Kier alpha value is -0.610. The van der Waals surface area contributed by atoms with Crippen molar-refractivity contribution in [2.45, 2.75) is 77.4 Å². The molecule has 0 saturated carbocycles. The molecule has 0 bridgehead atoms. The lowest BCUT2D eigenvalue weighted by atomic mass is 10.1. The molecule has 2 unspecified atom stereocenters. The fourth-order valence-corrected chi connectivity index (χ4v) is 2.58. The summed E-state index contributed by atoms with van der Waals surface area (Å²) in [6.07, 6.45) is 9.45. The summed E-state index contributed by atoms with van der Waals surface area (Å²) in [5, 5.41) is 3.34. The molecule has 4 heteroatoms. The first kappa shape index (κ1) is 17.4. The molecule has 1 fully saturated rings. The second kappa shape index (κ2) is 11.1. The molecule has 0 spiro atoms. The molecular weight excluding hydrogens is 254 g/mol. The first-order valence-corrected chi connectivity index (χ1v) is 8.29. The largest absolute Gasteiger partial charge is 0.465 e. The Labute approximate surface area is 123 Å². The minimum absolute atomic E-state index is 0.110. The third kappa shape index (κ3) is 7.25. The topological polar surface area (TPSA) is 47.6 Å². The second-order valence-corrected chi connectivity index (χ2v) is 5.55. The van der Waals surface area contributed by atoms with E-state index in [9.17, 15) is 4.79 Å². The predicted octanol–water partition coefficient (Wildman–Crippen LogP) is 3.05. The van der Waals surface area contributed by atoms with E-state index in [0.717, 1.165) is 38.8 Å². The number of carbonyl (C=O) groups excluding carboxylic acids is 1. The molecule has 0 aromatic heterocycles. The van der Waals surface area contributed by atoms with Crippen LogP contribution in [0, 0.1) is 0 Å². The van der Waals surface area contributed by atoms with Gasteiger partial charge in [-0.25, -0.2) is 0 Å². The average Bonchev–Trinajstić information content (AvgIpc) is 2.95. The van der Waals surface area contributed by atoms with E-state index in [0.29, 0.717) is 6.61 Å². The quantitative estimate of drug-likeness (QED) is 0.468. The van der Waals surface area contributed by atoms with Crippen molar-refractivity contribution < 1.29 is 14.3 Å². The summed E-state index contributed by atoms with van der Waals surface area (Å²) < 4.78 is 10.7. The maximum atomic E-state index is 11.9. The highest BCUT2D eigenvalue weighted by Gasteiger charge is 2.22. The van der Waals surface area contributed by atoms with E-state index in [-0.39, 0.29) is 18.1 Å². The Morgan fingerprint density at radius 2 is 2.10 bits per heavy atom. The van der Waals surface area contributed by atoms with Crippen LogP contribution in [0.4, 0.5) is 0 Å². The molecule has 0 radical (unpaired) electrons. The van der Waals surface area contributed by atoms with Gasteiger partial charge in [-0.3, -0.25) is 4.79 Å². The molecule has 0 aromatic carbocycles. The molecule has 1 heterocycles. The molecule has 1 rings (SSSR count).